The average Bonchev–Trinajstić information content (AvgIpc) is 2.88. The Balaban J connectivity index is 2.05. The lowest BCUT2D eigenvalue weighted by Crippen LogP contribution is -2.06. The summed E-state index contributed by atoms with van der Waals surface area (Å²) in [4.78, 5) is 0. The van der Waals surface area contributed by atoms with Gasteiger partial charge in [-0.25, -0.2) is 0 Å². The third kappa shape index (κ3) is 3.50. The molecular weight excluding hydrogens is 238 g/mol. The van der Waals surface area contributed by atoms with Crippen LogP contribution in [0.1, 0.15) is 32.4 Å². The van der Waals surface area contributed by atoms with Gasteiger partial charge in [0.15, 0.2) is 0 Å². The number of hydrogen-bond donors (Lipinski definition) is 1. The van der Waals surface area contributed by atoms with Gasteiger partial charge < -0.3 is 10.1 Å². The van der Waals surface area contributed by atoms with Crippen LogP contribution in [0.3, 0.4) is 0 Å². The summed E-state index contributed by atoms with van der Waals surface area (Å²) in [7, 11) is 0. The predicted octanol–water partition coefficient (Wildman–Crippen LogP) is 3.47. The molecule has 0 saturated heterocycles. The summed E-state index contributed by atoms with van der Waals surface area (Å²) in [6, 6.07) is 8.24. The summed E-state index contributed by atoms with van der Waals surface area (Å²) >= 11 is 0. The van der Waals surface area contributed by atoms with Gasteiger partial charge in [0, 0.05) is 30.1 Å². The number of benzene rings is 1. The number of ether oxygens (including phenoxy) is 1. The maximum atomic E-state index is 5.50. The molecular formula is C15H21N3O. The van der Waals surface area contributed by atoms with E-state index >= 15 is 0 Å². The van der Waals surface area contributed by atoms with E-state index in [1.54, 1.807) is 0 Å². The van der Waals surface area contributed by atoms with Crippen molar-refractivity contribution in [2.45, 2.75) is 33.4 Å². The first-order valence-corrected chi connectivity index (χ1v) is 6.74. The van der Waals surface area contributed by atoms with Crippen LogP contribution in [0, 0.1) is 0 Å². The third-order valence-corrected chi connectivity index (χ3v) is 3.01. The normalized spacial score (nSPS) is 12.2. The van der Waals surface area contributed by atoms with E-state index in [-0.39, 0.29) is 6.04 Å². The van der Waals surface area contributed by atoms with E-state index in [1.165, 1.54) is 5.56 Å². The van der Waals surface area contributed by atoms with Gasteiger partial charge in [-0.05, 0) is 32.9 Å². The van der Waals surface area contributed by atoms with Crippen LogP contribution < -0.4 is 10.1 Å². The Kier molecular flexibility index (Phi) is 4.44. The van der Waals surface area contributed by atoms with Crippen molar-refractivity contribution in [2.24, 2.45) is 0 Å². The number of aryl methyl sites for hydroxylation is 1. The van der Waals surface area contributed by atoms with E-state index in [2.05, 4.69) is 30.5 Å². The molecule has 0 aliphatic rings. The molecule has 0 amide bonds. The van der Waals surface area contributed by atoms with Crippen molar-refractivity contribution < 1.29 is 4.74 Å². The molecule has 1 aromatic carbocycles. The Morgan fingerprint density at radius 3 is 2.89 bits per heavy atom. The Morgan fingerprint density at radius 1 is 1.37 bits per heavy atom. The zero-order valence-electron chi connectivity index (χ0n) is 11.8. The second kappa shape index (κ2) is 6.27. The van der Waals surface area contributed by atoms with E-state index < -0.39 is 0 Å². The molecule has 102 valence electrons. The van der Waals surface area contributed by atoms with E-state index in [1.807, 2.05) is 42.1 Å². The molecule has 0 spiro atoms. The third-order valence-electron chi connectivity index (χ3n) is 3.01. The Morgan fingerprint density at radius 2 is 2.21 bits per heavy atom. The van der Waals surface area contributed by atoms with E-state index in [0.717, 1.165) is 18.0 Å². The van der Waals surface area contributed by atoms with Crippen LogP contribution in [-0.2, 0) is 6.54 Å². The van der Waals surface area contributed by atoms with Gasteiger partial charge in [0.05, 0.1) is 18.8 Å². The van der Waals surface area contributed by atoms with E-state index in [0.29, 0.717) is 6.61 Å². The van der Waals surface area contributed by atoms with Crippen molar-refractivity contribution in [1.29, 1.82) is 0 Å². The van der Waals surface area contributed by atoms with Crippen LogP contribution in [0.25, 0.3) is 0 Å². The van der Waals surface area contributed by atoms with Crippen LogP contribution in [-0.4, -0.2) is 16.4 Å². The number of rotatable bonds is 6. The second-order valence-corrected chi connectivity index (χ2v) is 4.46. The van der Waals surface area contributed by atoms with Gasteiger partial charge in [-0.1, -0.05) is 6.07 Å². The minimum absolute atomic E-state index is 0.220. The summed E-state index contributed by atoms with van der Waals surface area (Å²) in [6.07, 6.45) is 3.98. The van der Waals surface area contributed by atoms with Gasteiger partial charge in [-0.3, -0.25) is 4.68 Å². The van der Waals surface area contributed by atoms with Crippen LogP contribution in [0.15, 0.2) is 36.7 Å². The molecule has 1 aromatic heterocycles. The molecule has 0 aliphatic carbocycles. The van der Waals surface area contributed by atoms with E-state index in [4.69, 9.17) is 4.74 Å². The molecule has 0 fully saturated rings. The lowest BCUT2D eigenvalue weighted by molar-refractivity contribution is 0.340. The Bertz CT molecular complexity index is 522. The summed E-state index contributed by atoms with van der Waals surface area (Å²) in [5.41, 5.74) is 2.24. The monoisotopic (exact) mass is 259 g/mol. The maximum absolute atomic E-state index is 5.50. The molecule has 1 heterocycles. The first-order valence-electron chi connectivity index (χ1n) is 6.74. The fraction of sp³-hybridized carbons (Fsp3) is 0.400. The number of hydrogen-bond acceptors (Lipinski definition) is 3. The fourth-order valence-electron chi connectivity index (χ4n) is 1.95. The highest BCUT2D eigenvalue weighted by Crippen LogP contribution is 2.22. The van der Waals surface area contributed by atoms with E-state index in [9.17, 15) is 0 Å². The van der Waals surface area contributed by atoms with Crippen molar-refractivity contribution in [1.82, 2.24) is 9.78 Å². The Labute approximate surface area is 114 Å². The molecule has 2 rings (SSSR count). The molecule has 4 heteroatoms. The van der Waals surface area contributed by atoms with Gasteiger partial charge in [0.25, 0.3) is 0 Å². The highest BCUT2D eigenvalue weighted by molar-refractivity contribution is 5.49. The molecule has 1 unspecified atom stereocenters. The molecule has 19 heavy (non-hydrogen) atoms. The Hall–Kier alpha value is -1.97. The first-order chi connectivity index (χ1) is 9.22. The number of nitrogens with one attached hydrogen (secondary N) is 1. The summed E-state index contributed by atoms with van der Waals surface area (Å²) in [6.45, 7) is 7.78. The molecule has 4 nitrogen and oxygen atoms in total. The minimum Gasteiger partial charge on any atom is -0.494 e. The summed E-state index contributed by atoms with van der Waals surface area (Å²) in [5, 5.41) is 7.76. The smallest absolute Gasteiger partial charge is 0.121 e. The van der Waals surface area contributed by atoms with Crippen molar-refractivity contribution in [3.63, 3.8) is 0 Å². The summed E-state index contributed by atoms with van der Waals surface area (Å²) in [5.74, 6) is 0.893. The molecule has 0 aliphatic heterocycles. The molecule has 2 aromatic rings. The molecule has 0 saturated carbocycles. The molecule has 1 N–H and O–H groups in total. The molecule has 0 radical (unpaired) electrons. The van der Waals surface area contributed by atoms with Crippen molar-refractivity contribution >= 4 is 5.69 Å². The number of nitrogens with zero attached hydrogens (tertiary/aromatic N) is 2. The predicted molar refractivity (Wildman–Crippen MR) is 77.5 cm³/mol. The van der Waals surface area contributed by atoms with Gasteiger partial charge >= 0.3 is 0 Å². The quantitative estimate of drug-likeness (QED) is 0.863. The standard InChI is InChI=1S/C15H21N3O/c1-4-18-11-13(10-16-18)12(3)17-14-7-6-8-15(9-14)19-5-2/h6-12,17H,4-5H2,1-3H3. The lowest BCUT2D eigenvalue weighted by Gasteiger charge is -2.14. The lowest BCUT2D eigenvalue weighted by atomic mass is 10.2. The zero-order chi connectivity index (χ0) is 13.7. The minimum atomic E-state index is 0.220. The fourth-order valence-corrected chi connectivity index (χ4v) is 1.95. The SMILES string of the molecule is CCOc1cccc(NC(C)c2cnn(CC)c2)c1. The first kappa shape index (κ1) is 13.5. The highest BCUT2D eigenvalue weighted by Gasteiger charge is 2.08. The van der Waals surface area contributed by atoms with Crippen molar-refractivity contribution in [3.05, 3.63) is 42.2 Å². The largest absolute Gasteiger partial charge is 0.494 e. The van der Waals surface area contributed by atoms with Crippen LogP contribution in [0.4, 0.5) is 5.69 Å². The molecule has 1 atom stereocenters. The van der Waals surface area contributed by atoms with Gasteiger partial charge in [-0.15, -0.1) is 0 Å². The number of anilines is 1. The molecule has 0 bridgehead atoms. The topological polar surface area (TPSA) is 39.1 Å². The second-order valence-electron chi connectivity index (χ2n) is 4.46. The highest BCUT2D eigenvalue weighted by atomic mass is 16.5. The zero-order valence-corrected chi connectivity index (χ0v) is 11.8. The summed E-state index contributed by atoms with van der Waals surface area (Å²) < 4.78 is 7.43. The van der Waals surface area contributed by atoms with Gasteiger partial charge in [0.2, 0.25) is 0 Å². The van der Waals surface area contributed by atoms with Gasteiger partial charge in [0.1, 0.15) is 5.75 Å². The van der Waals surface area contributed by atoms with Crippen molar-refractivity contribution in [3.8, 4) is 5.75 Å². The van der Waals surface area contributed by atoms with Crippen LogP contribution >= 0.6 is 0 Å². The van der Waals surface area contributed by atoms with Crippen molar-refractivity contribution in [2.75, 3.05) is 11.9 Å². The number of aromatic nitrogens is 2. The van der Waals surface area contributed by atoms with Gasteiger partial charge in [-0.2, -0.15) is 5.10 Å². The maximum Gasteiger partial charge on any atom is 0.121 e. The van der Waals surface area contributed by atoms with Crippen LogP contribution in [0.5, 0.6) is 5.75 Å². The average molecular weight is 259 g/mol. The van der Waals surface area contributed by atoms with Crippen LogP contribution in [0.2, 0.25) is 0 Å².